The van der Waals surface area contributed by atoms with Crippen LogP contribution in [0.5, 0.6) is 0 Å². The van der Waals surface area contributed by atoms with Crippen molar-refractivity contribution < 1.29 is 9.53 Å². The third-order valence-corrected chi connectivity index (χ3v) is 4.46. The number of fused-ring (bicyclic) bond motifs is 1. The molecule has 1 aromatic rings. The van der Waals surface area contributed by atoms with E-state index in [4.69, 9.17) is 4.74 Å². The minimum atomic E-state index is -0.113. The maximum absolute atomic E-state index is 12.1. The first-order valence-corrected chi connectivity index (χ1v) is 7.97. The number of rotatable bonds is 3. The van der Waals surface area contributed by atoms with Gasteiger partial charge in [-0.2, -0.15) is 0 Å². The highest BCUT2D eigenvalue weighted by Gasteiger charge is 2.29. The molecule has 2 aliphatic rings. The van der Waals surface area contributed by atoms with E-state index < -0.39 is 0 Å². The summed E-state index contributed by atoms with van der Waals surface area (Å²) >= 11 is 0. The van der Waals surface area contributed by atoms with Crippen LogP contribution in [0.4, 0.5) is 0 Å². The van der Waals surface area contributed by atoms with E-state index in [1.807, 2.05) is 6.07 Å². The van der Waals surface area contributed by atoms with Gasteiger partial charge in [0.15, 0.2) is 0 Å². The maximum Gasteiger partial charge on any atom is 0.335 e. The second-order valence-electron chi connectivity index (χ2n) is 5.97. The van der Waals surface area contributed by atoms with E-state index in [2.05, 4.69) is 35.2 Å². The minimum Gasteiger partial charge on any atom is -0.461 e. The van der Waals surface area contributed by atoms with Crippen molar-refractivity contribution in [2.45, 2.75) is 38.1 Å². The number of ether oxygens (including phenoxy) is 1. The summed E-state index contributed by atoms with van der Waals surface area (Å²) in [5, 5.41) is 0. The molecule has 2 saturated heterocycles. The van der Waals surface area contributed by atoms with Crippen molar-refractivity contribution in [3.8, 4) is 0 Å². The molecule has 2 heterocycles. The molecule has 0 saturated carbocycles. The fraction of sp³-hybridized carbons (Fsp3) is 0.500. The van der Waals surface area contributed by atoms with Gasteiger partial charge in [-0.3, -0.25) is 4.90 Å². The van der Waals surface area contributed by atoms with Crippen LogP contribution in [0.1, 0.15) is 31.2 Å². The van der Waals surface area contributed by atoms with Gasteiger partial charge in [0.1, 0.15) is 6.61 Å². The van der Waals surface area contributed by atoms with Crippen molar-refractivity contribution in [3.63, 3.8) is 0 Å². The largest absolute Gasteiger partial charge is 0.461 e. The van der Waals surface area contributed by atoms with Crippen molar-refractivity contribution in [2.24, 2.45) is 0 Å². The Morgan fingerprint density at radius 2 is 2.10 bits per heavy atom. The smallest absolute Gasteiger partial charge is 0.335 e. The zero-order valence-corrected chi connectivity index (χ0v) is 12.5. The molecule has 0 bridgehead atoms. The van der Waals surface area contributed by atoms with E-state index >= 15 is 0 Å². The van der Waals surface area contributed by atoms with Crippen LogP contribution in [0.2, 0.25) is 0 Å². The highest BCUT2D eigenvalue weighted by atomic mass is 16.5. The first-order chi connectivity index (χ1) is 10.3. The Bertz CT molecular complexity index is 509. The van der Waals surface area contributed by atoms with E-state index in [0.717, 1.165) is 37.9 Å². The number of carbonyl (C=O) groups is 1. The van der Waals surface area contributed by atoms with Gasteiger partial charge in [0.2, 0.25) is 0 Å². The van der Waals surface area contributed by atoms with Gasteiger partial charge in [0.05, 0.1) is 0 Å². The van der Waals surface area contributed by atoms with Gasteiger partial charge >= 0.3 is 5.97 Å². The van der Waals surface area contributed by atoms with Gasteiger partial charge in [-0.25, -0.2) is 4.79 Å². The van der Waals surface area contributed by atoms with Crippen molar-refractivity contribution in [1.29, 1.82) is 0 Å². The highest BCUT2D eigenvalue weighted by Crippen LogP contribution is 2.22. The van der Waals surface area contributed by atoms with Crippen LogP contribution in [0.15, 0.2) is 42.0 Å². The average molecular weight is 285 g/mol. The lowest BCUT2D eigenvalue weighted by atomic mass is 10.0. The summed E-state index contributed by atoms with van der Waals surface area (Å²) in [6, 6.07) is 10.8. The number of hydrogen-bond acceptors (Lipinski definition) is 3. The predicted molar refractivity (Wildman–Crippen MR) is 83.0 cm³/mol. The lowest BCUT2D eigenvalue weighted by molar-refractivity contribution is -0.139. The molecule has 3 rings (SSSR count). The molecule has 0 amide bonds. The first kappa shape index (κ1) is 14.3. The molecule has 0 spiro atoms. The summed E-state index contributed by atoms with van der Waals surface area (Å²) in [7, 11) is 0. The Kier molecular flexibility index (Phi) is 4.71. The van der Waals surface area contributed by atoms with Crippen molar-refractivity contribution in [1.82, 2.24) is 4.90 Å². The molecule has 3 heteroatoms. The van der Waals surface area contributed by atoms with E-state index in [0.29, 0.717) is 12.6 Å². The van der Waals surface area contributed by atoms with E-state index in [9.17, 15) is 4.79 Å². The summed E-state index contributed by atoms with van der Waals surface area (Å²) in [4.78, 5) is 14.5. The Balaban J connectivity index is 1.62. The van der Waals surface area contributed by atoms with E-state index in [1.54, 1.807) is 0 Å². The van der Waals surface area contributed by atoms with Crippen LogP contribution >= 0.6 is 0 Å². The maximum atomic E-state index is 12.1. The number of piperidine rings is 1. The number of esters is 1. The summed E-state index contributed by atoms with van der Waals surface area (Å²) < 4.78 is 5.44. The van der Waals surface area contributed by atoms with Crippen LogP contribution in [-0.4, -0.2) is 36.6 Å². The number of carbonyl (C=O) groups excluding carboxylic acids is 1. The second kappa shape index (κ2) is 6.90. The fourth-order valence-corrected chi connectivity index (χ4v) is 3.21. The molecule has 1 unspecified atom stereocenters. The summed E-state index contributed by atoms with van der Waals surface area (Å²) in [5.41, 5.74) is 2.16. The van der Waals surface area contributed by atoms with Crippen LogP contribution < -0.4 is 0 Å². The first-order valence-electron chi connectivity index (χ1n) is 7.97. The number of benzene rings is 1. The number of aryl methyl sites for hydroxylation is 1. The molecular weight excluding hydrogens is 262 g/mol. The van der Waals surface area contributed by atoms with Crippen LogP contribution in [0.25, 0.3) is 0 Å². The van der Waals surface area contributed by atoms with Gasteiger partial charge in [-0.15, -0.1) is 0 Å². The third kappa shape index (κ3) is 3.73. The zero-order chi connectivity index (χ0) is 14.5. The monoisotopic (exact) mass is 285 g/mol. The molecule has 0 radical (unpaired) electrons. The lowest BCUT2D eigenvalue weighted by Gasteiger charge is -2.32. The molecule has 1 atom stereocenters. The van der Waals surface area contributed by atoms with Gasteiger partial charge < -0.3 is 4.74 Å². The minimum absolute atomic E-state index is 0.113. The Labute approximate surface area is 126 Å². The summed E-state index contributed by atoms with van der Waals surface area (Å²) in [6.07, 6.45) is 7.60. The Morgan fingerprint density at radius 1 is 1.24 bits per heavy atom. The quantitative estimate of drug-likeness (QED) is 0.631. The van der Waals surface area contributed by atoms with Crippen molar-refractivity contribution in [2.75, 3.05) is 19.7 Å². The van der Waals surface area contributed by atoms with Crippen LogP contribution in [-0.2, 0) is 16.0 Å². The number of nitrogens with zero attached hydrogens (tertiary/aromatic N) is 1. The zero-order valence-electron chi connectivity index (χ0n) is 12.5. The number of hydrogen-bond donors (Lipinski definition) is 0. The molecule has 0 N–H and O–H groups in total. The van der Waals surface area contributed by atoms with Crippen molar-refractivity contribution in [3.05, 3.63) is 47.5 Å². The van der Waals surface area contributed by atoms with Gasteiger partial charge in [-0.05, 0) is 37.8 Å². The van der Waals surface area contributed by atoms with Crippen LogP contribution in [0.3, 0.4) is 0 Å². The molecule has 3 nitrogen and oxygen atoms in total. The van der Waals surface area contributed by atoms with Gasteiger partial charge in [0.25, 0.3) is 0 Å². The van der Waals surface area contributed by atoms with Crippen LogP contribution in [0, 0.1) is 0 Å². The lowest BCUT2D eigenvalue weighted by Crippen LogP contribution is -2.41. The average Bonchev–Trinajstić information content (AvgIpc) is 2.68. The fourth-order valence-electron chi connectivity index (χ4n) is 3.21. The Hall–Kier alpha value is -1.61. The van der Waals surface area contributed by atoms with Crippen molar-refractivity contribution >= 4 is 5.97 Å². The SMILES string of the molecule is O=C1OCC2CCCCN2C/C1=C\CCc1ccccc1. The molecule has 2 aliphatic heterocycles. The number of cyclic esters (lactones) is 1. The molecule has 0 aliphatic carbocycles. The molecule has 0 aromatic heterocycles. The van der Waals surface area contributed by atoms with E-state index in [1.165, 1.54) is 18.4 Å². The predicted octanol–water partition coefficient (Wildman–Crippen LogP) is 2.96. The third-order valence-electron chi connectivity index (χ3n) is 4.46. The normalized spacial score (nSPS) is 25.2. The highest BCUT2D eigenvalue weighted by molar-refractivity contribution is 5.89. The Morgan fingerprint density at radius 3 is 2.95 bits per heavy atom. The molecule has 1 aromatic carbocycles. The molecule has 21 heavy (non-hydrogen) atoms. The van der Waals surface area contributed by atoms with Gasteiger partial charge in [-0.1, -0.05) is 42.8 Å². The second-order valence-corrected chi connectivity index (χ2v) is 5.97. The topological polar surface area (TPSA) is 29.5 Å². The van der Waals surface area contributed by atoms with E-state index in [-0.39, 0.29) is 5.97 Å². The molecule has 112 valence electrons. The standard InChI is InChI=1S/C18H23NO2/c20-18-16(10-6-9-15-7-2-1-3-8-15)13-19-12-5-4-11-17(19)14-21-18/h1-3,7-8,10,17H,4-6,9,11-14H2/b16-10+. The summed E-state index contributed by atoms with van der Waals surface area (Å²) in [6.45, 7) is 2.42. The molecule has 2 fully saturated rings. The summed E-state index contributed by atoms with van der Waals surface area (Å²) in [5.74, 6) is -0.113. The van der Waals surface area contributed by atoms with Gasteiger partial charge in [0, 0.05) is 18.2 Å². The number of allylic oxidation sites excluding steroid dienone is 1. The molecular formula is C18H23NO2.